The number of carbonyl (C=O) groups excluding carboxylic acids is 1. The summed E-state index contributed by atoms with van der Waals surface area (Å²) < 4.78 is 4.70. The number of ether oxygens (including phenoxy) is 1. The first-order chi connectivity index (χ1) is 6.52. The van der Waals surface area contributed by atoms with E-state index in [1.54, 1.807) is 7.05 Å². The highest BCUT2D eigenvalue weighted by Gasteiger charge is 2.16. The van der Waals surface area contributed by atoms with E-state index in [1.165, 1.54) is 12.0 Å². The summed E-state index contributed by atoms with van der Waals surface area (Å²) in [5.74, 6) is -0.0275. The van der Waals surface area contributed by atoms with E-state index in [-0.39, 0.29) is 24.4 Å². The SMILES string of the molecule is COCC(=O)N(C)C(C)CC(N)=NO. The second-order valence-electron chi connectivity index (χ2n) is 3.08. The van der Waals surface area contributed by atoms with Gasteiger partial charge in [-0.05, 0) is 6.92 Å². The van der Waals surface area contributed by atoms with Crippen molar-refractivity contribution in [3.8, 4) is 0 Å². The molecule has 0 saturated carbocycles. The molecule has 0 rings (SSSR count). The minimum Gasteiger partial charge on any atom is -0.409 e. The minimum atomic E-state index is -0.134. The molecule has 0 aromatic carbocycles. The van der Waals surface area contributed by atoms with Gasteiger partial charge in [0.2, 0.25) is 5.91 Å². The zero-order valence-corrected chi connectivity index (χ0v) is 8.73. The molecular formula is C8H17N3O3. The summed E-state index contributed by atoms with van der Waals surface area (Å²) in [6.07, 6.45) is 0.336. The first kappa shape index (κ1) is 12.7. The molecule has 0 aliphatic rings. The van der Waals surface area contributed by atoms with Crippen LogP contribution in [0.15, 0.2) is 5.16 Å². The number of rotatable bonds is 5. The van der Waals surface area contributed by atoms with Crippen molar-refractivity contribution in [2.45, 2.75) is 19.4 Å². The summed E-state index contributed by atoms with van der Waals surface area (Å²) >= 11 is 0. The van der Waals surface area contributed by atoms with Crippen LogP contribution in [0, 0.1) is 0 Å². The molecule has 0 fully saturated rings. The Morgan fingerprint density at radius 2 is 2.29 bits per heavy atom. The maximum Gasteiger partial charge on any atom is 0.248 e. The molecule has 0 aromatic heterocycles. The monoisotopic (exact) mass is 203 g/mol. The van der Waals surface area contributed by atoms with Gasteiger partial charge in [0, 0.05) is 26.6 Å². The Hall–Kier alpha value is -1.30. The first-order valence-electron chi connectivity index (χ1n) is 4.24. The number of methoxy groups -OCH3 is 1. The number of carbonyl (C=O) groups is 1. The number of likely N-dealkylation sites (N-methyl/N-ethyl adjacent to an activating group) is 1. The van der Waals surface area contributed by atoms with Gasteiger partial charge in [-0.25, -0.2) is 0 Å². The van der Waals surface area contributed by atoms with Gasteiger partial charge in [0.25, 0.3) is 0 Å². The van der Waals surface area contributed by atoms with E-state index in [4.69, 9.17) is 15.7 Å². The van der Waals surface area contributed by atoms with Gasteiger partial charge in [0.05, 0.1) is 0 Å². The fraction of sp³-hybridized carbons (Fsp3) is 0.750. The number of amidine groups is 1. The zero-order valence-electron chi connectivity index (χ0n) is 8.73. The number of nitrogens with zero attached hydrogens (tertiary/aromatic N) is 2. The van der Waals surface area contributed by atoms with Crippen LogP contribution in [0.2, 0.25) is 0 Å². The molecule has 0 bridgehead atoms. The molecule has 0 aromatic rings. The van der Waals surface area contributed by atoms with Crippen molar-refractivity contribution in [2.24, 2.45) is 10.9 Å². The Morgan fingerprint density at radius 1 is 1.71 bits per heavy atom. The zero-order chi connectivity index (χ0) is 11.1. The van der Waals surface area contributed by atoms with Gasteiger partial charge in [-0.2, -0.15) is 0 Å². The summed E-state index contributed by atoms with van der Waals surface area (Å²) in [6.45, 7) is 1.85. The molecular weight excluding hydrogens is 186 g/mol. The highest BCUT2D eigenvalue weighted by atomic mass is 16.5. The van der Waals surface area contributed by atoms with Gasteiger partial charge in [0.15, 0.2) is 0 Å². The van der Waals surface area contributed by atoms with Crippen molar-refractivity contribution in [3.05, 3.63) is 0 Å². The van der Waals surface area contributed by atoms with Crippen molar-refractivity contribution in [1.29, 1.82) is 0 Å². The topological polar surface area (TPSA) is 88.2 Å². The maximum absolute atomic E-state index is 11.3. The van der Waals surface area contributed by atoms with Gasteiger partial charge < -0.3 is 20.6 Å². The average Bonchev–Trinajstić information content (AvgIpc) is 2.16. The molecule has 3 N–H and O–H groups in total. The van der Waals surface area contributed by atoms with Gasteiger partial charge in [0.1, 0.15) is 12.4 Å². The molecule has 0 saturated heterocycles. The molecule has 6 heteroatoms. The normalized spacial score (nSPS) is 13.8. The lowest BCUT2D eigenvalue weighted by Gasteiger charge is -2.24. The van der Waals surface area contributed by atoms with Crippen molar-refractivity contribution < 1.29 is 14.7 Å². The third-order valence-electron chi connectivity index (χ3n) is 1.96. The molecule has 0 spiro atoms. The van der Waals surface area contributed by atoms with Gasteiger partial charge in [-0.3, -0.25) is 4.79 Å². The average molecular weight is 203 g/mol. The van der Waals surface area contributed by atoms with Crippen LogP contribution >= 0.6 is 0 Å². The molecule has 14 heavy (non-hydrogen) atoms. The Bertz CT molecular complexity index is 218. The molecule has 82 valence electrons. The molecule has 0 aliphatic heterocycles. The Labute approximate surface area is 83.3 Å². The fourth-order valence-electron chi connectivity index (χ4n) is 0.952. The Balaban J connectivity index is 4.11. The van der Waals surface area contributed by atoms with E-state index >= 15 is 0 Å². The third kappa shape index (κ3) is 4.08. The predicted octanol–water partition coefficient (Wildman–Crippen LogP) is -0.384. The molecule has 1 atom stereocenters. The summed E-state index contributed by atoms with van der Waals surface area (Å²) in [7, 11) is 3.11. The van der Waals surface area contributed by atoms with E-state index in [2.05, 4.69) is 5.16 Å². The lowest BCUT2D eigenvalue weighted by Crippen LogP contribution is -2.39. The third-order valence-corrected chi connectivity index (χ3v) is 1.96. The van der Waals surface area contributed by atoms with Crippen LogP contribution in [-0.2, 0) is 9.53 Å². The van der Waals surface area contributed by atoms with E-state index in [1.807, 2.05) is 6.92 Å². The first-order valence-corrected chi connectivity index (χ1v) is 4.24. The number of hydrogen-bond donors (Lipinski definition) is 2. The van der Waals surface area contributed by atoms with Crippen LogP contribution in [0.1, 0.15) is 13.3 Å². The van der Waals surface area contributed by atoms with Crippen molar-refractivity contribution in [3.63, 3.8) is 0 Å². The van der Waals surface area contributed by atoms with Crippen LogP contribution in [0.4, 0.5) is 0 Å². The Kier molecular flexibility index (Phi) is 5.62. The van der Waals surface area contributed by atoms with Gasteiger partial charge >= 0.3 is 0 Å². The van der Waals surface area contributed by atoms with Crippen molar-refractivity contribution in [2.75, 3.05) is 20.8 Å². The predicted molar refractivity (Wildman–Crippen MR) is 52.1 cm³/mol. The molecule has 0 heterocycles. The summed E-state index contributed by atoms with van der Waals surface area (Å²) in [4.78, 5) is 12.8. The van der Waals surface area contributed by atoms with Crippen LogP contribution in [0.5, 0.6) is 0 Å². The second kappa shape index (κ2) is 6.20. The number of hydrogen-bond acceptors (Lipinski definition) is 4. The summed E-state index contributed by atoms with van der Waals surface area (Å²) in [6, 6.07) is -0.117. The molecule has 0 radical (unpaired) electrons. The van der Waals surface area contributed by atoms with Crippen LogP contribution in [0.25, 0.3) is 0 Å². The highest BCUT2D eigenvalue weighted by molar-refractivity contribution is 5.82. The van der Waals surface area contributed by atoms with E-state index in [0.717, 1.165) is 0 Å². The quantitative estimate of drug-likeness (QED) is 0.276. The summed E-state index contributed by atoms with van der Waals surface area (Å²) in [5, 5.41) is 11.2. The van der Waals surface area contributed by atoms with Gasteiger partial charge in [-0.15, -0.1) is 0 Å². The molecule has 0 aliphatic carbocycles. The number of amides is 1. The number of nitrogens with two attached hydrogens (primary N) is 1. The largest absolute Gasteiger partial charge is 0.409 e. The molecule has 1 amide bonds. The van der Waals surface area contributed by atoms with E-state index in [0.29, 0.717) is 6.42 Å². The molecule has 6 nitrogen and oxygen atoms in total. The maximum atomic E-state index is 11.3. The van der Waals surface area contributed by atoms with Crippen LogP contribution < -0.4 is 5.73 Å². The minimum absolute atomic E-state index is 0.0387. The van der Waals surface area contributed by atoms with Crippen molar-refractivity contribution in [1.82, 2.24) is 4.90 Å². The smallest absolute Gasteiger partial charge is 0.248 e. The lowest BCUT2D eigenvalue weighted by atomic mass is 10.2. The standard InChI is InChI=1S/C8H17N3O3/c1-6(4-7(9)10-13)11(2)8(12)5-14-3/h6,13H,4-5H2,1-3H3,(H2,9,10). The van der Waals surface area contributed by atoms with Gasteiger partial charge in [-0.1, -0.05) is 5.16 Å². The molecule has 1 unspecified atom stereocenters. The van der Waals surface area contributed by atoms with E-state index in [9.17, 15) is 4.79 Å². The number of oxime groups is 1. The van der Waals surface area contributed by atoms with Crippen LogP contribution in [0.3, 0.4) is 0 Å². The van der Waals surface area contributed by atoms with Crippen LogP contribution in [-0.4, -0.2) is 48.7 Å². The van der Waals surface area contributed by atoms with E-state index < -0.39 is 0 Å². The Morgan fingerprint density at radius 3 is 2.71 bits per heavy atom. The lowest BCUT2D eigenvalue weighted by molar-refractivity contribution is -0.135. The summed E-state index contributed by atoms with van der Waals surface area (Å²) in [5.41, 5.74) is 5.32. The second-order valence-corrected chi connectivity index (χ2v) is 3.08. The van der Waals surface area contributed by atoms with Crippen molar-refractivity contribution >= 4 is 11.7 Å². The fourth-order valence-corrected chi connectivity index (χ4v) is 0.952. The highest BCUT2D eigenvalue weighted by Crippen LogP contribution is 2.01.